The normalized spacial score (nSPS) is 11.0. The summed E-state index contributed by atoms with van der Waals surface area (Å²) in [4.78, 5) is 0. The first-order valence-corrected chi connectivity index (χ1v) is 5.37. The van der Waals surface area contributed by atoms with Crippen molar-refractivity contribution in [3.8, 4) is 11.4 Å². The molecule has 4 heteroatoms. The molecule has 16 heavy (non-hydrogen) atoms. The molecule has 2 N–H and O–H groups in total. The average Bonchev–Trinajstić information content (AvgIpc) is 2.60. The predicted molar refractivity (Wildman–Crippen MR) is 65.0 cm³/mol. The van der Waals surface area contributed by atoms with Crippen molar-refractivity contribution >= 4 is 5.69 Å². The smallest absolute Gasteiger partial charge is 0.164 e. The summed E-state index contributed by atoms with van der Waals surface area (Å²) in [5, 5.41) is 8.32. The molecule has 84 valence electrons. The number of rotatable bonds is 2. The van der Waals surface area contributed by atoms with Gasteiger partial charge in [0.15, 0.2) is 5.82 Å². The van der Waals surface area contributed by atoms with Gasteiger partial charge in [-0.3, -0.25) is 0 Å². The summed E-state index contributed by atoms with van der Waals surface area (Å²) in [6.07, 6.45) is 0. The minimum Gasteiger partial charge on any atom is -0.399 e. The van der Waals surface area contributed by atoms with E-state index in [1.165, 1.54) is 0 Å². The Kier molecular flexibility index (Phi) is 2.64. The van der Waals surface area contributed by atoms with Gasteiger partial charge >= 0.3 is 0 Å². The van der Waals surface area contributed by atoms with Crippen LogP contribution >= 0.6 is 0 Å². The van der Waals surface area contributed by atoms with Crippen LogP contribution in [-0.2, 0) is 0 Å². The molecule has 0 amide bonds. The van der Waals surface area contributed by atoms with Gasteiger partial charge in [-0.1, -0.05) is 12.1 Å². The highest BCUT2D eigenvalue weighted by molar-refractivity contribution is 5.61. The summed E-state index contributed by atoms with van der Waals surface area (Å²) >= 11 is 0. The van der Waals surface area contributed by atoms with Crippen LogP contribution in [0.1, 0.15) is 25.7 Å². The van der Waals surface area contributed by atoms with E-state index in [2.05, 4.69) is 28.6 Å². The summed E-state index contributed by atoms with van der Waals surface area (Å²) in [6, 6.07) is 8.05. The van der Waals surface area contributed by atoms with Gasteiger partial charge in [0.05, 0.1) is 0 Å². The van der Waals surface area contributed by atoms with E-state index in [0.29, 0.717) is 6.04 Å². The van der Waals surface area contributed by atoms with Crippen LogP contribution < -0.4 is 5.73 Å². The van der Waals surface area contributed by atoms with Gasteiger partial charge in [-0.2, -0.15) is 0 Å². The minimum absolute atomic E-state index is 0.339. The molecule has 2 aromatic rings. The number of aryl methyl sites for hydroxylation is 1. The zero-order valence-corrected chi connectivity index (χ0v) is 9.81. The molecule has 0 unspecified atom stereocenters. The van der Waals surface area contributed by atoms with E-state index >= 15 is 0 Å². The highest BCUT2D eigenvalue weighted by Crippen LogP contribution is 2.23. The summed E-state index contributed by atoms with van der Waals surface area (Å²) in [5.41, 5.74) is 7.52. The van der Waals surface area contributed by atoms with E-state index in [0.717, 1.165) is 22.9 Å². The number of hydrogen-bond acceptors (Lipinski definition) is 3. The van der Waals surface area contributed by atoms with Crippen molar-refractivity contribution in [3.05, 3.63) is 30.1 Å². The Morgan fingerprint density at radius 1 is 1.25 bits per heavy atom. The van der Waals surface area contributed by atoms with Crippen LogP contribution in [0.4, 0.5) is 5.69 Å². The molecular weight excluding hydrogens is 200 g/mol. The fraction of sp³-hybridized carbons (Fsp3) is 0.333. The molecule has 0 aliphatic rings. The van der Waals surface area contributed by atoms with Gasteiger partial charge in [-0.05, 0) is 32.9 Å². The lowest BCUT2D eigenvalue weighted by Crippen LogP contribution is -2.05. The van der Waals surface area contributed by atoms with E-state index in [1.807, 2.05) is 31.2 Å². The number of nitrogens with zero attached hydrogens (tertiary/aromatic N) is 3. The van der Waals surface area contributed by atoms with Gasteiger partial charge in [0.25, 0.3) is 0 Å². The molecule has 0 aliphatic heterocycles. The van der Waals surface area contributed by atoms with Crippen LogP contribution in [0.2, 0.25) is 0 Å². The lowest BCUT2D eigenvalue weighted by atomic mass is 10.2. The molecule has 1 heterocycles. The second kappa shape index (κ2) is 3.96. The molecule has 0 saturated carbocycles. The van der Waals surface area contributed by atoms with Gasteiger partial charge < -0.3 is 10.3 Å². The fourth-order valence-electron chi connectivity index (χ4n) is 1.86. The number of nitrogen functional groups attached to an aromatic ring is 1. The van der Waals surface area contributed by atoms with Crippen molar-refractivity contribution < 1.29 is 0 Å². The number of aromatic nitrogens is 3. The first-order chi connectivity index (χ1) is 7.59. The van der Waals surface area contributed by atoms with Crippen molar-refractivity contribution in [2.24, 2.45) is 0 Å². The van der Waals surface area contributed by atoms with E-state index in [9.17, 15) is 0 Å². The third-order valence-electron chi connectivity index (χ3n) is 2.53. The average molecular weight is 216 g/mol. The standard InChI is InChI=1S/C12H16N4/c1-8(2)16-9(3)14-15-12(16)10-5-4-6-11(13)7-10/h4-8H,13H2,1-3H3. The van der Waals surface area contributed by atoms with Gasteiger partial charge in [-0.25, -0.2) is 0 Å². The number of hydrogen-bond donors (Lipinski definition) is 1. The molecule has 0 saturated heterocycles. The van der Waals surface area contributed by atoms with Crippen molar-refractivity contribution in [2.45, 2.75) is 26.8 Å². The molecule has 0 fully saturated rings. The third-order valence-corrected chi connectivity index (χ3v) is 2.53. The van der Waals surface area contributed by atoms with E-state index in [4.69, 9.17) is 5.73 Å². The van der Waals surface area contributed by atoms with Crippen LogP contribution in [0.25, 0.3) is 11.4 Å². The summed E-state index contributed by atoms with van der Waals surface area (Å²) in [5.74, 6) is 1.80. The molecule has 0 atom stereocenters. The Labute approximate surface area is 95.1 Å². The Morgan fingerprint density at radius 2 is 2.00 bits per heavy atom. The van der Waals surface area contributed by atoms with Gasteiger partial charge in [0, 0.05) is 17.3 Å². The zero-order chi connectivity index (χ0) is 11.7. The first kappa shape index (κ1) is 10.7. The van der Waals surface area contributed by atoms with Crippen molar-refractivity contribution in [3.63, 3.8) is 0 Å². The van der Waals surface area contributed by atoms with Crippen LogP contribution in [-0.4, -0.2) is 14.8 Å². The van der Waals surface area contributed by atoms with Crippen molar-refractivity contribution in [2.75, 3.05) is 5.73 Å². The van der Waals surface area contributed by atoms with E-state index < -0.39 is 0 Å². The third kappa shape index (κ3) is 1.78. The molecule has 0 aliphatic carbocycles. The Balaban J connectivity index is 2.56. The highest BCUT2D eigenvalue weighted by Gasteiger charge is 2.13. The fourth-order valence-corrected chi connectivity index (χ4v) is 1.86. The van der Waals surface area contributed by atoms with Gasteiger partial charge in [0.1, 0.15) is 5.82 Å². The maximum Gasteiger partial charge on any atom is 0.164 e. The topological polar surface area (TPSA) is 56.7 Å². The van der Waals surface area contributed by atoms with Crippen molar-refractivity contribution in [1.82, 2.24) is 14.8 Å². The van der Waals surface area contributed by atoms with Gasteiger partial charge in [-0.15, -0.1) is 10.2 Å². The van der Waals surface area contributed by atoms with Crippen LogP contribution in [0.5, 0.6) is 0 Å². The second-order valence-electron chi connectivity index (χ2n) is 4.16. The Morgan fingerprint density at radius 3 is 2.62 bits per heavy atom. The van der Waals surface area contributed by atoms with Crippen molar-refractivity contribution in [1.29, 1.82) is 0 Å². The SMILES string of the molecule is Cc1nnc(-c2cccc(N)c2)n1C(C)C. The highest BCUT2D eigenvalue weighted by atomic mass is 15.3. The maximum atomic E-state index is 5.77. The Hall–Kier alpha value is -1.84. The lowest BCUT2D eigenvalue weighted by molar-refractivity contribution is 0.587. The molecule has 2 rings (SSSR count). The summed E-state index contributed by atoms with van der Waals surface area (Å²) in [6.45, 7) is 6.20. The molecule has 0 spiro atoms. The molecular formula is C12H16N4. The first-order valence-electron chi connectivity index (χ1n) is 5.37. The molecule has 1 aromatic heterocycles. The molecule has 1 aromatic carbocycles. The minimum atomic E-state index is 0.339. The van der Waals surface area contributed by atoms with Crippen LogP contribution in [0, 0.1) is 6.92 Å². The maximum absolute atomic E-state index is 5.77. The van der Waals surface area contributed by atoms with E-state index in [1.54, 1.807) is 0 Å². The number of anilines is 1. The summed E-state index contributed by atoms with van der Waals surface area (Å²) < 4.78 is 2.11. The van der Waals surface area contributed by atoms with Crippen LogP contribution in [0.3, 0.4) is 0 Å². The monoisotopic (exact) mass is 216 g/mol. The van der Waals surface area contributed by atoms with E-state index in [-0.39, 0.29) is 0 Å². The quantitative estimate of drug-likeness (QED) is 0.784. The largest absolute Gasteiger partial charge is 0.399 e. The van der Waals surface area contributed by atoms with Crippen LogP contribution in [0.15, 0.2) is 24.3 Å². The number of nitrogens with two attached hydrogens (primary N) is 1. The molecule has 4 nitrogen and oxygen atoms in total. The number of benzene rings is 1. The predicted octanol–water partition coefficient (Wildman–Crippen LogP) is 2.42. The Bertz CT molecular complexity index is 499. The second-order valence-corrected chi connectivity index (χ2v) is 4.16. The van der Waals surface area contributed by atoms with Gasteiger partial charge in [0.2, 0.25) is 0 Å². The summed E-state index contributed by atoms with van der Waals surface area (Å²) in [7, 11) is 0. The molecule has 0 bridgehead atoms. The zero-order valence-electron chi connectivity index (χ0n) is 9.81. The lowest BCUT2D eigenvalue weighted by Gasteiger charge is -2.12. The molecule has 0 radical (unpaired) electrons.